The van der Waals surface area contributed by atoms with Crippen LogP contribution in [0.15, 0.2) is 0 Å². The summed E-state index contributed by atoms with van der Waals surface area (Å²) in [6.07, 6.45) is 1.12. The Kier molecular flexibility index (Phi) is 3.81. The third kappa shape index (κ3) is 2.98. The zero-order chi connectivity index (χ0) is 13.1. The minimum Gasteiger partial charge on any atom is -0.357 e. The average molecular weight is 251 g/mol. The molecule has 1 saturated heterocycles. The maximum Gasteiger partial charge on any atom is 0.231 e. The molecule has 0 saturated carbocycles. The molecule has 1 aromatic heterocycles. The predicted molar refractivity (Wildman–Crippen MR) is 73.2 cm³/mol. The monoisotopic (exact) mass is 251 g/mol. The summed E-state index contributed by atoms with van der Waals surface area (Å²) in [5, 5.41) is 6.33. The molecule has 0 bridgehead atoms. The van der Waals surface area contributed by atoms with Gasteiger partial charge in [0, 0.05) is 33.7 Å². The maximum atomic E-state index is 4.40. The van der Waals surface area contributed by atoms with Gasteiger partial charge < -0.3 is 20.4 Å². The molecule has 1 aromatic rings. The number of aromatic nitrogens is 3. The third-order valence-electron chi connectivity index (χ3n) is 2.97. The van der Waals surface area contributed by atoms with Gasteiger partial charge in [0.1, 0.15) is 0 Å². The van der Waals surface area contributed by atoms with Crippen LogP contribution < -0.4 is 15.5 Å². The number of rotatable bonds is 4. The number of likely N-dealkylation sites (tertiary alicyclic amines) is 1. The lowest BCUT2D eigenvalue weighted by Gasteiger charge is -2.16. The summed E-state index contributed by atoms with van der Waals surface area (Å²) in [5.41, 5.74) is 0. The van der Waals surface area contributed by atoms with Crippen LogP contribution >= 0.6 is 0 Å². The van der Waals surface area contributed by atoms with Gasteiger partial charge in [-0.3, -0.25) is 0 Å². The Bertz CT molecular complexity index is 406. The Hall–Kier alpha value is -1.63. The Labute approximate surface area is 108 Å². The summed E-state index contributed by atoms with van der Waals surface area (Å²) in [7, 11) is 7.77. The van der Waals surface area contributed by atoms with E-state index >= 15 is 0 Å². The fourth-order valence-corrected chi connectivity index (χ4v) is 1.98. The molecule has 18 heavy (non-hydrogen) atoms. The van der Waals surface area contributed by atoms with Gasteiger partial charge >= 0.3 is 0 Å². The van der Waals surface area contributed by atoms with Gasteiger partial charge in [-0.1, -0.05) is 0 Å². The van der Waals surface area contributed by atoms with E-state index in [1.165, 1.54) is 0 Å². The highest BCUT2D eigenvalue weighted by atomic mass is 15.3. The van der Waals surface area contributed by atoms with Gasteiger partial charge in [0.2, 0.25) is 17.8 Å². The molecule has 7 heteroatoms. The number of hydrogen-bond donors (Lipinski definition) is 2. The van der Waals surface area contributed by atoms with Crippen LogP contribution in [-0.4, -0.2) is 67.2 Å². The standard InChI is InChI=1S/C11H21N7/c1-12-9-14-10(16-11(15-9)17(2)3)13-8-5-6-18(4)7-8/h8H,5-7H2,1-4H3,(H2,12,13,14,15,16). The van der Waals surface area contributed by atoms with Crippen molar-refractivity contribution >= 4 is 17.8 Å². The lowest BCUT2D eigenvalue weighted by atomic mass is 10.3. The van der Waals surface area contributed by atoms with E-state index in [1.807, 2.05) is 26.0 Å². The summed E-state index contributed by atoms with van der Waals surface area (Å²) < 4.78 is 0. The highest BCUT2D eigenvalue weighted by molar-refractivity contribution is 5.43. The van der Waals surface area contributed by atoms with E-state index in [0.29, 0.717) is 23.9 Å². The molecule has 1 aliphatic rings. The molecule has 2 heterocycles. The number of anilines is 3. The minimum absolute atomic E-state index is 0.414. The van der Waals surface area contributed by atoms with E-state index in [1.54, 1.807) is 0 Å². The van der Waals surface area contributed by atoms with Crippen molar-refractivity contribution in [2.75, 3.05) is 56.8 Å². The topological polar surface area (TPSA) is 69.2 Å². The summed E-state index contributed by atoms with van der Waals surface area (Å²) >= 11 is 0. The second-order valence-electron chi connectivity index (χ2n) is 4.82. The molecule has 0 aromatic carbocycles. The second-order valence-corrected chi connectivity index (χ2v) is 4.82. The Morgan fingerprint density at radius 1 is 1.22 bits per heavy atom. The fraction of sp³-hybridized carbons (Fsp3) is 0.727. The predicted octanol–water partition coefficient (Wildman–Crippen LogP) is 0.0953. The van der Waals surface area contributed by atoms with Crippen molar-refractivity contribution in [3.8, 4) is 0 Å². The van der Waals surface area contributed by atoms with Crippen LogP contribution in [0.25, 0.3) is 0 Å². The highest BCUT2D eigenvalue weighted by Gasteiger charge is 2.20. The average Bonchev–Trinajstić information content (AvgIpc) is 2.74. The molecule has 2 N–H and O–H groups in total. The van der Waals surface area contributed by atoms with Crippen molar-refractivity contribution in [3.63, 3.8) is 0 Å². The van der Waals surface area contributed by atoms with Crippen LogP contribution in [0.1, 0.15) is 6.42 Å². The third-order valence-corrected chi connectivity index (χ3v) is 2.97. The fourth-order valence-electron chi connectivity index (χ4n) is 1.98. The molecule has 100 valence electrons. The van der Waals surface area contributed by atoms with Crippen molar-refractivity contribution in [1.29, 1.82) is 0 Å². The molecule has 7 nitrogen and oxygen atoms in total. The van der Waals surface area contributed by atoms with Gasteiger partial charge in [0.25, 0.3) is 0 Å². The van der Waals surface area contributed by atoms with Crippen LogP contribution in [0.2, 0.25) is 0 Å². The first-order valence-electron chi connectivity index (χ1n) is 6.14. The molecule has 1 aliphatic heterocycles. The molecule has 1 atom stereocenters. The lowest BCUT2D eigenvalue weighted by Crippen LogP contribution is -2.25. The van der Waals surface area contributed by atoms with Gasteiger partial charge in [0.05, 0.1) is 0 Å². The van der Waals surface area contributed by atoms with Crippen LogP contribution in [0, 0.1) is 0 Å². The zero-order valence-corrected chi connectivity index (χ0v) is 11.4. The molecule has 0 radical (unpaired) electrons. The van der Waals surface area contributed by atoms with Gasteiger partial charge in [-0.15, -0.1) is 0 Å². The van der Waals surface area contributed by atoms with Gasteiger partial charge in [-0.2, -0.15) is 15.0 Å². The summed E-state index contributed by atoms with van der Waals surface area (Å²) in [6.45, 7) is 2.14. The Morgan fingerprint density at radius 3 is 2.50 bits per heavy atom. The van der Waals surface area contributed by atoms with Crippen molar-refractivity contribution in [3.05, 3.63) is 0 Å². The largest absolute Gasteiger partial charge is 0.357 e. The number of nitrogens with one attached hydrogen (secondary N) is 2. The Balaban J connectivity index is 2.13. The molecule has 2 rings (SSSR count). The van der Waals surface area contributed by atoms with Gasteiger partial charge in [-0.25, -0.2) is 0 Å². The molecule has 0 spiro atoms. The first-order chi connectivity index (χ1) is 8.58. The molecular weight excluding hydrogens is 230 g/mol. The molecule has 1 fully saturated rings. The number of likely N-dealkylation sites (N-methyl/N-ethyl adjacent to an activating group) is 1. The first-order valence-corrected chi connectivity index (χ1v) is 6.14. The molecular formula is C11H21N7. The van der Waals surface area contributed by atoms with Crippen LogP contribution in [0.4, 0.5) is 17.8 Å². The van der Waals surface area contributed by atoms with Crippen molar-refractivity contribution < 1.29 is 0 Å². The normalized spacial score (nSPS) is 19.9. The summed E-state index contributed by atoms with van der Waals surface area (Å²) in [4.78, 5) is 17.2. The molecule has 1 unspecified atom stereocenters. The van der Waals surface area contributed by atoms with E-state index in [-0.39, 0.29) is 0 Å². The van der Waals surface area contributed by atoms with E-state index in [9.17, 15) is 0 Å². The zero-order valence-electron chi connectivity index (χ0n) is 11.4. The van der Waals surface area contributed by atoms with E-state index in [0.717, 1.165) is 19.5 Å². The van der Waals surface area contributed by atoms with E-state index in [4.69, 9.17) is 0 Å². The van der Waals surface area contributed by atoms with Crippen LogP contribution in [0.5, 0.6) is 0 Å². The maximum absolute atomic E-state index is 4.40. The van der Waals surface area contributed by atoms with E-state index in [2.05, 4.69) is 37.5 Å². The minimum atomic E-state index is 0.414. The number of hydrogen-bond acceptors (Lipinski definition) is 7. The SMILES string of the molecule is CNc1nc(NC2CCN(C)C2)nc(N(C)C)n1. The van der Waals surface area contributed by atoms with Crippen molar-refractivity contribution in [2.45, 2.75) is 12.5 Å². The second kappa shape index (κ2) is 5.34. The quantitative estimate of drug-likeness (QED) is 0.786. The lowest BCUT2D eigenvalue weighted by molar-refractivity contribution is 0.414. The van der Waals surface area contributed by atoms with E-state index < -0.39 is 0 Å². The smallest absolute Gasteiger partial charge is 0.231 e. The summed E-state index contributed by atoms with van der Waals surface area (Å²) in [5.74, 6) is 1.88. The van der Waals surface area contributed by atoms with Crippen molar-refractivity contribution in [2.24, 2.45) is 0 Å². The van der Waals surface area contributed by atoms with Gasteiger partial charge in [0.15, 0.2) is 0 Å². The number of nitrogens with zero attached hydrogens (tertiary/aromatic N) is 5. The first kappa shape index (κ1) is 12.8. The van der Waals surface area contributed by atoms with Gasteiger partial charge in [-0.05, 0) is 20.0 Å². The molecule has 0 amide bonds. The van der Waals surface area contributed by atoms with Crippen LogP contribution in [0.3, 0.4) is 0 Å². The van der Waals surface area contributed by atoms with Crippen LogP contribution in [-0.2, 0) is 0 Å². The molecule has 0 aliphatic carbocycles. The highest BCUT2D eigenvalue weighted by Crippen LogP contribution is 2.15. The Morgan fingerprint density at radius 2 is 1.94 bits per heavy atom. The van der Waals surface area contributed by atoms with Crippen molar-refractivity contribution in [1.82, 2.24) is 19.9 Å². The summed E-state index contributed by atoms with van der Waals surface area (Å²) in [6, 6.07) is 0.414.